The maximum atomic E-state index is 13.4. The molecule has 2 atom stereocenters. The van der Waals surface area contributed by atoms with Crippen molar-refractivity contribution in [3.8, 4) is 11.5 Å². The van der Waals surface area contributed by atoms with Gasteiger partial charge < -0.3 is 19.7 Å². The van der Waals surface area contributed by atoms with E-state index in [0.717, 1.165) is 29.0 Å². The number of carbonyl (C=O) groups is 2. The Kier molecular flexibility index (Phi) is 8.54. The fourth-order valence-corrected chi connectivity index (χ4v) is 3.78. The SMILES string of the molecule is CC[C@H](C)NC(=O)[C@H](CC)N(Cc1ccccc1)C(=O)CCc1ccc2c(c1)OCCO2. The standard InChI is InChI=1S/C26H34N2O4/c1-4-19(3)27-26(30)22(5-2)28(18-21-9-7-6-8-10-21)25(29)14-12-20-11-13-23-24(17-20)32-16-15-31-23/h6-11,13,17,19,22H,4-5,12,14-16,18H2,1-3H3,(H,27,30)/t19-,22-/m0/s1. The number of hydrogen-bond donors (Lipinski definition) is 1. The van der Waals surface area contributed by atoms with Crippen molar-refractivity contribution in [2.75, 3.05) is 13.2 Å². The van der Waals surface area contributed by atoms with E-state index >= 15 is 0 Å². The van der Waals surface area contributed by atoms with Crippen molar-refractivity contribution >= 4 is 11.8 Å². The second kappa shape index (κ2) is 11.6. The summed E-state index contributed by atoms with van der Waals surface area (Å²) < 4.78 is 11.2. The zero-order chi connectivity index (χ0) is 22.9. The molecular formula is C26H34N2O4. The van der Waals surface area contributed by atoms with Gasteiger partial charge in [0.2, 0.25) is 11.8 Å². The second-order valence-corrected chi connectivity index (χ2v) is 8.23. The van der Waals surface area contributed by atoms with Crippen molar-refractivity contribution in [1.82, 2.24) is 10.2 Å². The minimum Gasteiger partial charge on any atom is -0.486 e. The van der Waals surface area contributed by atoms with Crippen LogP contribution in [0.2, 0.25) is 0 Å². The lowest BCUT2D eigenvalue weighted by atomic mass is 10.1. The van der Waals surface area contributed by atoms with Gasteiger partial charge in [-0.2, -0.15) is 0 Å². The van der Waals surface area contributed by atoms with E-state index in [1.807, 2.05) is 69.3 Å². The number of aryl methyl sites for hydroxylation is 1. The van der Waals surface area contributed by atoms with Gasteiger partial charge in [0, 0.05) is 19.0 Å². The van der Waals surface area contributed by atoms with E-state index in [1.54, 1.807) is 4.90 Å². The van der Waals surface area contributed by atoms with E-state index in [-0.39, 0.29) is 17.9 Å². The maximum absolute atomic E-state index is 13.4. The van der Waals surface area contributed by atoms with Crippen LogP contribution in [0.5, 0.6) is 11.5 Å². The molecule has 1 N–H and O–H groups in total. The van der Waals surface area contributed by atoms with Crippen LogP contribution in [0.15, 0.2) is 48.5 Å². The minimum absolute atomic E-state index is 0.0325. The van der Waals surface area contributed by atoms with Crippen molar-refractivity contribution in [2.45, 2.75) is 65.1 Å². The summed E-state index contributed by atoms with van der Waals surface area (Å²) in [5.74, 6) is 1.34. The van der Waals surface area contributed by atoms with Gasteiger partial charge >= 0.3 is 0 Å². The Morgan fingerprint density at radius 1 is 0.969 bits per heavy atom. The van der Waals surface area contributed by atoms with Crippen LogP contribution in [-0.2, 0) is 22.6 Å². The molecule has 0 bridgehead atoms. The van der Waals surface area contributed by atoms with E-state index in [0.29, 0.717) is 39.0 Å². The third-order valence-corrected chi connectivity index (χ3v) is 5.82. The Bertz CT molecular complexity index is 900. The summed E-state index contributed by atoms with van der Waals surface area (Å²) in [7, 11) is 0. The third kappa shape index (κ3) is 6.25. The molecule has 0 spiro atoms. The van der Waals surface area contributed by atoms with E-state index in [9.17, 15) is 9.59 Å². The Hall–Kier alpha value is -3.02. The van der Waals surface area contributed by atoms with Crippen LogP contribution in [0.1, 0.15) is 51.2 Å². The van der Waals surface area contributed by atoms with Crippen LogP contribution in [0, 0.1) is 0 Å². The predicted octanol–water partition coefficient (Wildman–Crippen LogP) is 4.11. The van der Waals surface area contributed by atoms with Crippen LogP contribution in [0.4, 0.5) is 0 Å². The molecule has 2 amide bonds. The van der Waals surface area contributed by atoms with Crippen molar-refractivity contribution in [1.29, 1.82) is 0 Å². The average Bonchev–Trinajstić information content (AvgIpc) is 2.82. The highest BCUT2D eigenvalue weighted by Crippen LogP contribution is 2.31. The smallest absolute Gasteiger partial charge is 0.243 e. The highest BCUT2D eigenvalue weighted by atomic mass is 16.6. The van der Waals surface area contributed by atoms with Gasteiger partial charge in [-0.15, -0.1) is 0 Å². The first-order valence-corrected chi connectivity index (χ1v) is 11.5. The minimum atomic E-state index is -0.503. The number of rotatable bonds is 10. The first kappa shape index (κ1) is 23.6. The number of fused-ring (bicyclic) bond motifs is 1. The molecule has 0 unspecified atom stereocenters. The molecule has 0 saturated heterocycles. The zero-order valence-corrected chi connectivity index (χ0v) is 19.3. The summed E-state index contributed by atoms with van der Waals surface area (Å²) in [5.41, 5.74) is 2.02. The zero-order valence-electron chi connectivity index (χ0n) is 19.3. The van der Waals surface area contributed by atoms with E-state index < -0.39 is 6.04 Å². The molecule has 0 radical (unpaired) electrons. The summed E-state index contributed by atoms with van der Waals surface area (Å²) in [6, 6.07) is 15.2. The molecule has 172 valence electrons. The molecule has 0 fully saturated rings. The van der Waals surface area contributed by atoms with Crippen LogP contribution in [0.3, 0.4) is 0 Å². The van der Waals surface area contributed by atoms with Gasteiger partial charge in [-0.05, 0) is 49.4 Å². The van der Waals surface area contributed by atoms with Gasteiger partial charge in [0.15, 0.2) is 11.5 Å². The highest BCUT2D eigenvalue weighted by Gasteiger charge is 2.29. The molecule has 2 aromatic rings. The number of nitrogens with zero attached hydrogens (tertiary/aromatic N) is 1. The average molecular weight is 439 g/mol. The van der Waals surface area contributed by atoms with E-state index in [4.69, 9.17) is 9.47 Å². The summed E-state index contributed by atoms with van der Waals surface area (Å²) in [4.78, 5) is 28.1. The molecule has 0 aliphatic carbocycles. The number of hydrogen-bond acceptors (Lipinski definition) is 4. The molecule has 0 saturated carbocycles. The first-order valence-electron chi connectivity index (χ1n) is 11.5. The molecule has 1 heterocycles. The Balaban J connectivity index is 1.74. The first-order chi connectivity index (χ1) is 15.5. The highest BCUT2D eigenvalue weighted by molar-refractivity contribution is 5.88. The lowest BCUT2D eigenvalue weighted by molar-refractivity contribution is -0.141. The van der Waals surface area contributed by atoms with Crippen LogP contribution in [-0.4, -0.2) is 42.0 Å². The molecular weight excluding hydrogens is 404 g/mol. The number of nitrogens with one attached hydrogen (secondary N) is 1. The molecule has 1 aliphatic rings. The number of carbonyl (C=O) groups excluding carboxylic acids is 2. The van der Waals surface area contributed by atoms with Gasteiger partial charge in [-0.3, -0.25) is 9.59 Å². The Labute approximate surface area is 190 Å². The van der Waals surface area contributed by atoms with Crippen LogP contribution in [0.25, 0.3) is 0 Å². The number of amides is 2. The van der Waals surface area contributed by atoms with Crippen molar-refractivity contribution in [3.63, 3.8) is 0 Å². The molecule has 3 rings (SSSR count). The summed E-state index contributed by atoms with van der Waals surface area (Å²) in [6.07, 6.45) is 2.30. The molecule has 1 aliphatic heterocycles. The van der Waals surface area contributed by atoms with Gasteiger partial charge in [0.25, 0.3) is 0 Å². The Morgan fingerprint density at radius 2 is 1.69 bits per heavy atom. The van der Waals surface area contributed by atoms with Gasteiger partial charge in [-0.25, -0.2) is 0 Å². The van der Waals surface area contributed by atoms with Gasteiger partial charge in [0.1, 0.15) is 19.3 Å². The molecule has 6 nitrogen and oxygen atoms in total. The molecule has 6 heteroatoms. The lowest BCUT2D eigenvalue weighted by Gasteiger charge is -2.31. The van der Waals surface area contributed by atoms with Crippen molar-refractivity contribution in [3.05, 3.63) is 59.7 Å². The van der Waals surface area contributed by atoms with Crippen molar-refractivity contribution in [2.24, 2.45) is 0 Å². The van der Waals surface area contributed by atoms with E-state index in [1.165, 1.54) is 0 Å². The largest absolute Gasteiger partial charge is 0.486 e. The van der Waals surface area contributed by atoms with E-state index in [2.05, 4.69) is 5.32 Å². The van der Waals surface area contributed by atoms with Crippen LogP contribution < -0.4 is 14.8 Å². The number of benzene rings is 2. The quantitative estimate of drug-likeness (QED) is 0.606. The van der Waals surface area contributed by atoms with Crippen LogP contribution >= 0.6 is 0 Å². The van der Waals surface area contributed by atoms with Gasteiger partial charge in [-0.1, -0.05) is 50.2 Å². The summed E-state index contributed by atoms with van der Waals surface area (Å²) in [5, 5.41) is 3.05. The summed E-state index contributed by atoms with van der Waals surface area (Å²) >= 11 is 0. The summed E-state index contributed by atoms with van der Waals surface area (Å²) in [6.45, 7) is 7.46. The molecule has 0 aromatic heterocycles. The molecule has 2 aromatic carbocycles. The fourth-order valence-electron chi connectivity index (χ4n) is 3.78. The van der Waals surface area contributed by atoms with Gasteiger partial charge in [0.05, 0.1) is 0 Å². The second-order valence-electron chi connectivity index (χ2n) is 8.23. The maximum Gasteiger partial charge on any atom is 0.243 e. The Morgan fingerprint density at radius 3 is 2.38 bits per heavy atom. The fraction of sp³-hybridized carbons (Fsp3) is 0.462. The topological polar surface area (TPSA) is 67.9 Å². The normalized spacial score (nSPS) is 14.3. The lowest BCUT2D eigenvalue weighted by Crippen LogP contribution is -2.50. The predicted molar refractivity (Wildman–Crippen MR) is 125 cm³/mol. The molecule has 32 heavy (non-hydrogen) atoms. The third-order valence-electron chi connectivity index (χ3n) is 5.82. The monoisotopic (exact) mass is 438 g/mol. The van der Waals surface area contributed by atoms with Crippen molar-refractivity contribution < 1.29 is 19.1 Å². The number of ether oxygens (including phenoxy) is 2.